The first-order valence-electron chi connectivity index (χ1n) is 10.3. The SMILES string of the molecule is O=C(O)CN(CCO)C(=O)COCCNC(=O)OCC1c2ccccc2-c2ccccc21. The van der Waals surface area contributed by atoms with Crippen LogP contribution in [0, 0.1) is 0 Å². The van der Waals surface area contributed by atoms with Gasteiger partial charge in [-0.2, -0.15) is 0 Å². The monoisotopic (exact) mass is 442 g/mol. The molecule has 0 heterocycles. The second kappa shape index (κ2) is 11.3. The first-order valence-corrected chi connectivity index (χ1v) is 10.3. The van der Waals surface area contributed by atoms with Crippen LogP contribution in [-0.4, -0.2) is 79.1 Å². The van der Waals surface area contributed by atoms with Crippen LogP contribution >= 0.6 is 0 Å². The Morgan fingerprint density at radius 1 is 1.00 bits per heavy atom. The molecule has 0 saturated carbocycles. The van der Waals surface area contributed by atoms with Gasteiger partial charge in [0.2, 0.25) is 5.91 Å². The summed E-state index contributed by atoms with van der Waals surface area (Å²) in [4.78, 5) is 35.8. The van der Waals surface area contributed by atoms with Gasteiger partial charge in [-0.3, -0.25) is 9.59 Å². The molecule has 0 saturated heterocycles. The fourth-order valence-electron chi connectivity index (χ4n) is 3.70. The normalized spacial score (nSPS) is 12.0. The number of nitrogens with zero attached hydrogens (tertiary/aromatic N) is 1. The maximum absolute atomic E-state index is 12.1. The lowest BCUT2D eigenvalue weighted by molar-refractivity contribution is -0.146. The Hall–Kier alpha value is -3.43. The molecular formula is C23H26N2O7. The standard InChI is InChI=1S/C23H26N2O7/c26-11-10-25(13-22(28)29)21(27)15-31-12-9-24-23(30)32-14-20-18-7-3-1-5-16(18)17-6-2-4-8-19(17)20/h1-8,20,26H,9-15H2,(H,24,30)(H,28,29). The molecule has 1 aliphatic rings. The van der Waals surface area contributed by atoms with E-state index in [-0.39, 0.29) is 45.4 Å². The minimum absolute atomic E-state index is 0.0336. The highest BCUT2D eigenvalue weighted by atomic mass is 16.5. The molecule has 9 nitrogen and oxygen atoms in total. The number of carbonyl (C=O) groups is 3. The summed E-state index contributed by atoms with van der Waals surface area (Å²) in [5.41, 5.74) is 4.54. The number of carboxylic acid groups (broad SMARTS) is 1. The molecule has 0 aromatic heterocycles. The molecule has 2 aromatic rings. The van der Waals surface area contributed by atoms with E-state index in [1.54, 1.807) is 0 Å². The molecule has 0 atom stereocenters. The zero-order valence-electron chi connectivity index (χ0n) is 17.5. The van der Waals surface area contributed by atoms with Gasteiger partial charge in [0, 0.05) is 19.0 Å². The number of carboxylic acids is 1. The number of aliphatic hydroxyl groups excluding tert-OH is 1. The highest BCUT2D eigenvalue weighted by Crippen LogP contribution is 2.44. The minimum atomic E-state index is -1.18. The topological polar surface area (TPSA) is 125 Å². The van der Waals surface area contributed by atoms with Gasteiger partial charge in [0.25, 0.3) is 0 Å². The molecule has 0 radical (unpaired) electrons. The van der Waals surface area contributed by atoms with Crippen molar-refractivity contribution in [2.45, 2.75) is 5.92 Å². The van der Waals surface area contributed by atoms with E-state index in [1.807, 2.05) is 36.4 Å². The van der Waals surface area contributed by atoms with Crippen molar-refractivity contribution < 1.29 is 34.1 Å². The summed E-state index contributed by atoms with van der Waals surface area (Å²) in [6.07, 6.45) is -0.588. The zero-order valence-corrected chi connectivity index (χ0v) is 17.5. The summed E-state index contributed by atoms with van der Waals surface area (Å²) >= 11 is 0. The summed E-state index contributed by atoms with van der Waals surface area (Å²) in [6.45, 7) is -0.918. The van der Waals surface area contributed by atoms with Crippen molar-refractivity contribution in [2.75, 3.05) is 46.1 Å². The molecule has 3 rings (SSSR count). The molecule has 170 valence electrons. The molecular weight excluding hydrogens is 416 g/mol. The molecule has 0 spiro atoms. The lowest BCUT2D eigenvalue weighted by Gasteiger charge is -2.19. The predicted octanol–water partition coefficient (Wildman–Crippen LogP) is 1.45. The van der Waals surface area contributed by atoms with Gasteiger partial charge in [0.05, 0.1) is 13.2 Å². The Labute approximate surface area is 185 Å². The van der Waals surface area contributed by atoms with E-state index >= 15 is 0 Å². The minimum Gasteiger partial charge on any atom is -0.480 e. The molecule has 3 N–H and O–H groups in total. The fourth-order valence-corrected chi connectivity index (χ4v) is 3.70. The van der Waals surface area contributed by atoms with E-state index < -0.39 is 24.5 Å². The van der Waals surface area contributed by atoms with Gasteiger partial charge < -0.3 is 29.9 Å². The Balaban J connectivity index is 1.40. The average molecular weight is 442 g/mol. The molecule has 9 heteroatoms. The summed E-state index contributed by atoms with van der Waals surface area (Å²) < 4.78 is 10.6. The molecule has 0 unspecified atom stereocenters. The maximum atomic E-state index is 12.1. The Morgan fingerprint density at radius 3 is 2.22 bits per heavy atom. The van der Waals surface area contributed by atoms with Crippen LogP contribution in [0.3, 0.4) is 0 Å². The van der Waals surface area contributed by atoms with Gasteiger partial charge >= 0.3 is 12.1 Å². The van der Waals surface area contributed by atoms with Gasteiger partial charge in [-0.05, 0) is 22.3 Å². The lowest BCUT2D eigenvalue weighted by atomic mass is 9.98. The first kappa shape index (κ1) is 23.2. The molecule has 0 aliphatic heterocycles. The molecule has 32 heavy (non-hydrogen) atoms. The highest BCUT2D eigenvalue weighted by molar-refractivity contribution is 5.82. The molecule has 0 bridgehead atoms. The lowest BCUT2D eigenvalue weighted by Crippen LogP contribution is -2.40. The number of aliphatic carboxylic acids is 1. The summed E-state index contributed by atoms with van der Waals surface area (Å²) in [6, 6.07) is 16.1. The number of hydrogen-bond acceptors (Lipinski definition) is 6. The van der Waals surface area contributed by atoms with Crippen LogP contribution in [0.2, 0.25) is 0 Å². The number of fused-ring (bicyclic) bond motifs is 3. The molecule has 0 fully saturated rings. The van der Waals surface area contributed by atoms with Crippen LogP contribution in [0.1, 0.15) is 17.0 Å². The second-order valence-corrected chi connectivity index (χ2v) is 7.24. The van der Waals surface area contributed by atoms with Crippen LogP contribution in [-0.2, 0) is 19.1 Å². The van der Waals surface area contributed by atoms with Crippen LogP contribution < -0.4 is 5.32 Å². The first-order chi connectivity index (χ1) is 15.5. The number of hydrogen-bond donors (Lipinski definition) is 3. The Bertz CT molecular complexity index is 917. The molecule has 2 aromatic carbocycles. The summed E-state index contributed by atoms with van der Waals surface area (Å²) in [5.74, 6) is -1.76. The van der Waals surface area contributed by atoms with E-state index in [9.17, 15) is 14.4 Å². The number of alkyl carbamates (subject to hydrolysis) is 1. The number of nitrogens with one attached hydrogen (secondary N) is 1. The summed E-state index contributed by atoms with van der Waals surface area (Å²) in [7, 11) is 0. The van der Waals surface area contributed by atoms with Crippen LogP contribution in [0.5, 0.6) is 0 Å². The third-order valence-electron chi connectivity index (χ3n) is 5.13. The van der Waals surface area contributed by atoms with Gasteiger partial charge in [-0.15, -0.1) is 0 Å². The van der Waals surface area contributed by atoms with Crippen molar-refractivity contribution in [1.82, 2.24) is 10.2 Å². The molecule has 2 amide bonds. The van der Waals surface area contributed by atoms with Crippen molar-refractivity contribution in [3.05, 3.63) is 59.7 Å². The average Bonchev–Trinajstić information content (AvgIpc) is 3.10. The van der Waals surface area contributed by atoms with Gasteiger partial charge in [0.15, 0.2) is 0 Å². The van der Waals surface area contributed by atoms with E-state index in [2.05, 4.69) is 17.4 Å². The highest BCUT2D eigenvalue weighted by Gasteiger charge is 2.28. The number of ether oxygens (including phenoxy) is 2. The maximum Gasteiger partial charge on any atom is 0.407 e. The van der Waals surface area contributed by atoms with Crippen molar-refractivity contribution in [2.24, 2.45) is 0 Å². The number of carbonyl (C=O) groups excluding carboxylic acids is 2. The van der Waals surface area contributed by atoms with Crippen molar-refractivity contribution in [3.63, 3.8) is 0 Å². The second-order valence-electron chi connectivity index (χ2n) is 7.24. The van der Waals surface area contributed by atoms with Crippen molar-refractivity contribution in [3.8, 4) is 11.1 Å². The smallest absolute Gasteiger partial charge is 0.407 e. The van der Waals surface area contributed by atoms with E-state index in [0.717, 1.165) is 27.2 Å². The number of aliphatic hydroxyl groups is 1. The quantitative estimate of drug-likeness (QED) is 0.450. The predicted molar refractivity (Wildman–Crippen MR) is 115 cm³/mol. The third kappa shape index (κ3) is 5.83. The van der Waals surface area contributed by atoms with Gasteiger partial charge in [-0.25, -0.2) is 4.79 Å². The van der Waals surface area contributed by atoms with Crippen LogP contribution in [0.4, 0.5) is 4.79 Å². The zero-order chi connectivity index (χ0) is 22.9. The van der Waals surface area contributed by atoms with Gasteiger partial charge in [-0.1, -0.05) is 48.5 Å². The number of rotatable bonds is 11. The number of benzene rings is 2. The van der Waals surface area contributed by atoms with E-state index in [1.165, 1.54) is 0 Å². The fraction of sp³-hybridized carbons (Fsp3) is 0.348. The van der Waals surface area contributed by atoms with E-state index in [0.29, 0.717) is 0 Å². The van der Waals surface area contributed by atoms with Crippen LogP contribution in [0.25, 0.3) is 11.1 Å². The van der Waals surface area contributed by atoms with Crippen molar-refractivity contribution in [1.29, 1.82) is 0 Å². The van der Waals surface area contributed by atoms with Crippen molar-refractivity contribution >= 4 is 18.0 Å². The molecule has 1 aliphatic carbocycles. The Morgan fingerprint density at radius 2 is 1.62 bits per heavy atom. The number of amides is 2. The summed E-state index contributed by atoms with van der Waals surface area (Å²) in [5, 5.41) is 20.3. The largest absolute Gasteiger partial charge is 0.480 e. The van der Waals surface area contributed by atoms with E-state index in [4.69, 9.17) is 19.7 Å². The third-order valence-corrected chi connectivity index (χ3v) is 5.13. The van der Waals surface area contributed by atoms with Gasteiger partial charge in [0.1, 0.15) is 19.8 Å². The Kier molecular flexibility index (Phi) is 8.18. The van der Waals surface area contributed by atoms with Crippen LogP contribution in [0.15, 0.2) is 48.5 Å².